The van der Waals surface area contributed by atoms with Gasteiger partial charge >= 0.3 is 0 Å². The summed E-state index contributed by atoms with van der Waals surface area (Å²) in [5, 5.41) is 2.86. The molecule has 88 valence electrons. The monoisotopic (exact) mass is 223 g/mol. The second-order valence-electron chi connectivity index (χ2n) is 4.17. The van der Waals surface area contributed by atoms with Crippen LogP contribution in [0.25, 0.3) is 0 Å². The highest BCUT2D eigenvalue weighted by atomic mass is 19.1. The zero-order valence-electron chi connectivity index (χ0n) is 9.58. The minimum atomic E-state index is -1.12. The fourth-order valence-corrected chi connectivity index (χ4v) is 2.32. The van der Waals surface area contributed by atoms with Gasteiger partial charge in [0.05, 0.1) is 6.61 Å². The maximum absolute atomic E-state index is 14.1. The Kier molecular flexibility index (Phi) is 3.56. The van der Waals surface area contributed by atoms with Gasteiger partial charge in [-0.05, 0) is 12.0 Å². The Morgan fingerprint density at radius 1 is 1.44 bits per heavy atom. The van der Waals surface area contributed by atoms with Crippen molar-refractivity contribution in [2.45, 2.75) is 31.7 Å². The lowest BCUT2D eigenvalue weighted by Crippen LogP contribution is -2.53. The maximum atomic E-state index is 14.1. The number of nitrogens with one attached hydrogen (secondary N) is 1. The van der Waals surface area contributed by atoms with Crippen LogP contribution in [0.2, 0.25) is 0 Å². The summed E-state index contributed by atoms with van der Waals surface area (Å²) in [4.78, 5) is 0. The van der Waals surface area contributed by atoms with Gasteiger partial charge in [-0.15, -0.1) is 0 Å². The SMILES string of the molecule is CCCC1(c2ccccc2)OCCNC1F. The molecule has 1 fully saturated rings. The molecule has 1 heterocycles. The van der Waals surface area contributed by atoms with Gasteiger partial charge in [0.25, 0.3) is 0 Å². The third kappa shape index (κ3) is 1.97. The molecule has 1 aromatic rings. The van der Waals surface area contributed by atoms with E-state index in [1.165, 1.54) is 0 Å². The first-order valence-corrected chi connectivity index (χ1v) is 5.86. The Morgan fingerprint density at radius 3 is 2.81 bits per heavy atom. The van der Waals surface area contributed by atoms with E-state index in [2.05, 4.69) is 12.2 Å². The molecule has 3 heteroatoms. The van der Waals surface area contributed by atoms with E-state index in [1.807, 2.05) is 30.3 Å². The summed E-state index contributed by atoms with van der Waals surface area (Å²) in [6.45, 7) is 3.20. The molecule has 1 aliphatic heterocycles. The standard InChI is InChI=1S/C13H18FNO/c1-2-8-13(11-6-4-3-5-7-11)12(14)15-9-10-16-13/h3-7,12,15H,2,8-10H2,1H3. The molecule has 2 rings (SSSR count). The normalized spacial score (nSPS) is 30.2. The second-order valence-corrected chi connectivity index (χ2v) is 4.17. The minimum absolute atomic E-state index is 0.565. The van der Waals surface area contributed by atoms with Crippen molar-refractivity contribution in [2.75, 3.05) is 13.2 Å². The number of ether oxygens (including phenoxy) is 1. The van der Waals surface area contributed by atoms with Crippen molar-refractivity contribution in [2.24, 2.45) is 0 Å². The first kappa shape index (κ1) is 11.6. The Bertz CT molecular complexity index is 326. The van der Waals surface area contributed by atoms with Crippen LogP contribution in [-0.2, 0) is 10.3 Å². The van der Waals surface area contributed by atoms with Crippen LogP contribution >= 0.6 is 0 Å². The summed E-state index contributed by atoms with van der Waals surface area (Å²) in [7, 11) is 0. The van der Waals surface area contributed by atoms with E-state index in [9.17, 15) is 4.39 Å². The lowest BCUT2D eigenvalue weighted by Gasteiger charge is -2.40. The highest BCUT2D eigenvalue weighted by molar-refractivity contribution is 5.24. The minimum Gasteiger partial charge on any atom is -0.364 e. The Balaban J connectivity index is 2.34. The van der Waals surface area contributed by atoms with E-state index in [-0.39, 0.29) is 0 Å². The molecule has 1 aromatic carbocycles. The van der Waals surface area contributed by atoms with Crippen molar-refractivity contribution in [3.63, 3.8) is 0 Å². The fraction of sp³-hybridized carbons (Fsp3) is 0.538. The van der Waals surface area contributed by atoms with Gasteiger partial charge in [-0.3, -0.25) is 5.32 Å². The number of morpholine rings is 1. The number of rotatable bonds is 3. The number of alkyl halides is 1. The molecule has 0 spiro atoms. The average Bonchev–Trinajstić information content (AvgIpc) is 2.34. The van der Waals surface area contributed by atoms with Crippen LogP contribution in [0.15, 0.2) is 30.3 Å². The van der Waals surface area contributed by atoms with Crippen LogP contribution in [0.5, 0.6) is 0 Å². The van der Waals surface area contributed by atoms with Crippen LogP contribution in [-0.4, -0.2) is 19.4 Å². The molecular weight excluding hydrogens is 205 g/mol. The Hall–Kier alpha value is -0.930. The molecule has 0 saturated carbocycles. The zero-order chi connectivity index (χ0) is 11.4. The number of hydrogen-bond donors (Lipinski definition) is 1. The quantitative estimate of drug-likeness (QED) is 0.795. The molecule has 1 N–H and O–H groups in total. The third-order valence-corrected chi connectivity index (χ3v) is 3.08. The molecule has 0 radical (unpaired) electrons. The van der Waals surface area contributed by atoms with Gasteiger partial charge in [-0.1, -0.05) is 43.7 Å². The Morgan fingerprint density at radius 2 is 2.19 bits per heavy atom. The maximum Gasteiger partial charge on any atom is 0.184 e. The summed E-state index contributed by atoms with van der Waals surface area (Å²) in [6.07, 6.45) is 0.478. The van der Waals surface area contributed by atoms with Crippen LogP contribution in [0.4, 0.5) is 4.39 Å². The van der Waals surface area contributed by atoms with E-state index in [0.29, 0.717) is 19.6 Å². The van der Waals surface area contributed by atoms with Crippen molar-refractivity contribution in [3.8, 4) is 0 Å². The van der Waals surface area contributed by atoms with E-state index in [1.54, 1.807) is 0 Å². The highest BCUT2D eigenvalue weighted by Crippen LogP contribution is 2.36. The molecule has 2 unspecified atom stereocenters. The van der Waals surface area contributed by atoms with Crippen LogP contribution in [0, 0.1) is 0 Å². The van der Waals surface area contributed by atoms with Crippen molar-refractivity contribution in [3.05, 3.63) is 35.9 Å². The van der Waals surface area contributed by atoms with Crippen molar-refractivity contribution < 1.29 is 9.13 Å². The van der Waals surface area contributed by atoms with Crippen LogP contribution < -0.4 is 5.32 Å². The molecule has 2 nitrogen and oxygen atoms in total. The van der Waals surface area contributed by atoms with E-state index in [0.717, 1.165) is 12.0 Å². The van der Waals surface area contributed by atoms with Crippen molar-refractivity contribution in [1.29, 1.82) is 0 Å². The van der Waals surface area contributed by atoms with E-state index in [4.69, 9.17) is 4.74 Å². The summed E-state index contributed by atoms with van der Waals surface area (Å²) in [5.41, 5.74) is 0.130. The molecule has 0 aromatic heterocycles. The number of hydrogen-bond acceptors (Lipinski definition) is 2. The topological polar surface area (TPSA) is 21.3 Å². The number of halogens is 1. The molecule has 16 heavy (non-hydrogen) atoms. The summed E-state index contributed by atoms with van der Waals surface area (Å²) >= 11 is 0. The summed E-state index contributed by atoms with van der Waals surface area (Å²) in [6, 6.07) is 9.67. The van der Waals surface area contributed by atoms with Gasteiger partial charge in [-0.2, -0.15) is 0 Å². The average molecular weight is 223 g/mol. The lowest BCUT2D eigenvalue weighted by molar-refractivity contribution is -0.145. The van der Waals surface area contributed by atoms with Gasteiger partial charge in [0.15, 0.2) is 6.30 Å². The molecule has 2 atom stereocenters. The second kappa shape index (κ2) is 4.93. The van der Waals surface area contributed by atoms with Gasteiger partial charge in [0, 0.05) is 6.54 Å². The predicted octanol–water partition coefficient (Wildman–Crippen LogP) is 2.60. The molecule has 0 bridgehead atoms. The van der Waals surface area contributed by atoms with Crippen molar-refractivity contribution in [1.82, 2.24) is 5.32 Å². The first-order chi connectivity index (χ1) is 7.79. The van der Waals surface area contributed by atoms with Gasteiger partial charge in [0.1, 0.15) is 5.60 Å². The lowest BCUT2D eigenvalue weighted by atomic mass is 9.87. The van der Waals surface area contributed by atoms with Crippen LogP contribution in [0.1, 0.15) is 25.3 Å². The summed E-state index contributed by atoms with van der Waals surface area (Å²) < 4.78 is 19.9. The van der Waals surface area contributed by atoms with E-state index >= 15 is 0 Å². The van der Waals surface area contributed by atoms with Crippen LogP contribution in [0.3, 0.4) is 0 Å². The smallest absolute Gasteiger partial charge is 0.184 e. The fourth-order valence-electron chi connectivity index (χ4n) is 2.32. The van der Waals surface area contributed by atoms with E-state index < -0.39 is 11.9 Å². The van der Waals surface area contributed by atoms with Crippen molar-refractivity contribution >= 4 is 0 Å². The largest absolute Gasteiger partial charge is 0.364 e. The molecular formula is C13H18FNO. The zero-order valence-corrected chi connectivity index (χ0v) is 9.58. The Labute approximate surface area is 95.8 Å². The van der Waals surface area contributed by atoms with Gasteiger partial charge in [-0.25, -0.2) is 4.39 Å². The summed E-state index contributed by atoms with van der Waals surface area (Å²) in [5.74, 6) is 0. The predicted molar refractivity (Wildman–Crippen MR) is 61.9 cm³/mol. The highest BCUT2D eigenvalue weighted by Gasteiger charge is 2.43. The number of benzene rings is 1. The molecule has 0 aliphatic carbocycles. The van der Waals surface area contributed by atoms with Gasteiger partial charge < -0.3 is 4.74 Å². The van der Waals surface area contributed by atoms with Gasteiger partial charge in [0.2, 0.25) is 0 Å². The molecule has 1 aliphatic rings. The molecule has 0 amide bonds. The first-order valence-electron chi connectivity index (χ1n) is 5.86. The third-order valence-electron chi connectivity index (χ3n) is 3.08. The molecule has 1 saturated heterocycles.